The van der Waals surface area contributed by atoms with Crippen molar-refractivity contribution in [1.82, 2.24) is 5.32 Å². The van der Waals surface area contributed by atoms with E-state index in [0.29, 0.717) is 12.5 Å². The zero-order valence-electron chi connectivity index (χ0n) is 7.19. The van der Waals surface area contributed by atoms with Crippen LogP contribution in [0.15, 0.2) is 0 Å². The second-order valence-electron chi connectivity index (χ2n) is 2.52. The highest BCUT2D eigenvalue weighted by atomic mass is 79.9. The highest BCUT2D eigenvalue weighted by molar-refractivity contribution is 9.09. The molecule has 0 spiro atoms. The largest absolute Gasteiger partial charge is 0.353 e. The molecule has 1 N–H and O–H groups in total. The van der Waals surface area contributed by atoms with E-state index in [2.05, 4.69) is 35.1 Å². The summed E-state index contributed by atoms with van der Waals surface area (Å²) < 4.78 is 0. The van der Waals surface area contributed by atoms with E-state index >= 15 is 0 Å². The lowest BCUT2D eigenvalue weighted by Crippen LogP contribution is -2.33. The van der Waals surface area contributed by atoms with Gasteiger partial charge in [0.2, 0.25) is 5.91 Å². The Balaban J connectivity index is 3.54. The zero-order chi connectivity index (χ0) is 8.69. The monoisotopic (exact) mass is 221 g/mol. The Bertz CT molecular complexity index is 113. The number of hydrogen-bond acceptors (Lipinski definition) is 1. The van der Waals surface area contributed by atoms with E-state index in [4.69, 9.17) is 0 Å². The minimum atomic E-state index is 0.149. The van der Waals surface area contributed by atoms with Gasteiger partial charge in [0.25, 0.3) is 0 Å². The van der Waals surface area contributed by atoms with Crippen molar-refractivity contribution in [2.24, 2.45) is 0 Å². The standard InChI is InChI=1S/C8H16BrNO/c1-3-7(4-2)10-8(11)5-6-9/h7H,3-6H2,1-2H3,(H,10,11). The number of amides is 1. The van der Waals surface area contributed by atoms with Crippen LogP contribution in [0.2, 0.25) is 0 Å². The molecule has 0 aromatic carbocycles. The predicted molar refractivity (Wildman–Crippen MR) is 50.9 cm³/mol. The second-order valence-corrected chi connectivity index (χ2v) is 3.31. The summed E-state index contributed by atoms with van der Waals surface area (Å²) in [6, 6.07) is 0.363. The molecule has 0 aliphatic carbocycles. The van der Waals surface area contributed by atoms with E-state index in [0.717, 1.165) is 18.2 Å². The van der Waals surface area contributed by atoms with Crippen molar-refractivity contribution in [2.75, 3.05) is 5.33 Å². The van der Waals surface area contributed by atoms with Gasteiger partial charge in [-0.3, -0.25) is 4.79 Å². The minimum Gasteiger partial charge on any atom is -0.353 e. The minimum absolute atomic E-state index is 0.149. The first-order valence-corrected chi connectivity index (χ1v) is 5.22. The maximum atomic E-state index is 11.0. The van der Waals surface area contributed by atoms with Crippen LogP contribution < -0.4 is 5.32 Å². The first-order chi connectivity index (χ1) is 5.24. The fraction of sp³-hybridized carbons (Fsp3) is 0.875. The van der Waals surface area contributed by atoms with Crippen molar-refractivity contribution >= 4 is 21.8 Å². The molecule has 0 unspecified atom stereocenters. The molecule has 0 aromatic heterocycles. The summed E-state index contributed by atoms with van der Waals surface area (Å²) in [5.41, 5.74) is 0. The van der Waals surface area contributed by atoms with Crippen molar-refractivity contribution in [3.63, 3.8) is 0 Å². The fourth-order valence-electron chi connectivity index (χ4n) is 0.878. The Morgan fingerprint density at radius 3 is 2.36 bits per heavy atom. The van der Waals surface area contributed by atoms with Crippen LogP contribution in [-0.2, 0) is 4.79 Å². The quantitative estimate of drug-likeness (QED) is 0.709. The van der Waals surface area contributed by atoms with Crippen LogP contribution in [0.4, 0.5) is 0 Å². The molecule has 0 saturated heterocycles. The molecule has 1 amide bonds. The highest BCUT2D eigenvalue weighted by Crippen LogP contribution is 1.97. The van der Waals surface area contributed by atoms with Crippen LogP contribution >= 0.6 is 15.9 Å². The average Bonchev–Trinajstić information content (AvgIpc) is 2.01. The zero-order valence-corrected chi connectivity index (χ0v) is 8.78. The number of rotatable bonds is 5. The molecule has 3 heteroatoms. The van der Waals surface area contributed by atoms with Gasteiger partial charge in [0, 0.05) is 17.8 Å². The fourth-order valence-corrected chi connectivity index (χ4v) is 1.24. The topological polar surface area (TPSA) is 29.1 Å². The van der Waals surface area contributed by atoms with Crippen molar-refractivity contribution in [3.8, 4) is 0 Å². The molecule has 0 aromatic rings. The van der Waals surface area contributed by atoms with E-state index < -0.39 is 0 Å². The third-order valence-electron chi connectivity index (χ3n) is 1.67. The molecular weight excluding hydrogens is 206 g/mol. The molecule has 0 aliphatic heterocycles. The Morgan fingerprint density at radius 1 is 1.45 bits per heavy atom. The summed E-state index contributed by atoms with van der Waals surface area (Å²) in [5, 5.41) is 3.70. The molecule has 2 nitrogen and oxygen atoms in total. The van der Waals surface area contributed by atoms with Gasteiger partial charge in [-0.15, -0.1) is 0 Å². The lowest BCUT2D eigenvalue weighted by Gasteiger charge is -2.13. The summed E-state index contributed by atoms with van der Waals surface area (Å²) >= 11 is 3.22. The third-order valence-corrected chi connectivity index (χ3v) is 2.07. The molecule has 66 valence electrons. The van der Waals surface area contributed by atoms with Gasteiger partial charge < -0.3 is 5.32 Å². The average molecular weight is 222 g/mol. The molecule has 0 saturated carbocycles. The van der Waals surface area contributed by atoms with Crippen LogP contribution in [0.25, 0.3) is 0 Å². The Hall–Kier alpha value is -0.0500. The molecule has 0 rings (SSSR count). The molecule has 0 aliphatic rings. The Labute approximate surface area is 76.9 Å². The number of carbonyl (C=O) groups is 1. The van der Waals surface area contributed by atoms with Gasteiger partial charge in [-0.1, -0.05) is 29.8 Å². The Kier molecular flexibility index (Phi) is 6.62. The SMILES string of the molecule is CCC(CC)NC(=O)CCBr. The van der Waals surface area contributed by atoms with Gasteiger partial charge in [0.15, 0.2) is 0 Å². The normalized spacial score (nSPS) is 10.2. The highest BCUT2D eigenvalue weighted by Gasteiger charge is 2.06. The van der Waals surface area contributed by atoms with Gasteiger partial charge in [-0.05, 0) is 12.8 Å². The van der Waals surface area contributed by atoms with Gasteiger partial charge in [0.05, 0.1) is 0 Å². The van der Waals surface area contributed by atoms with E-state index in [-0.39, 0.29) is 5.91 Å². The van der Waals surface area contributed by atoms with Crippen molar-refractivity contribution in [2.45, 2.75) is 39.2 Å². The maximum absolute atomic E-state index is 11.0. The summed E-state index contributed by atoms with van der Waals surface area (Å²) in [6.45, 7) is 4.17. The van der Waals surface area contributed by atoms with Crippen LogP contribution in [0.5, 0.6) is 0 Å². The first kappa shape index (κ1) is 11.0. The molecule has 0 radical (unpaired) electrons. The Morgan fingerprint density at radius 2 is 2.00 bits per heavy atom. The van der Waals surface area contributed by atoms with Crippen LogP contribution in [0, 0.1) is 0 Å². The summed E-state index contributed by atoms with van der Waals surface area (Å²) in [6.07, 6.45) is 2.62. The summed E-state index contributed by atoms with van der Waals surface area (Å²) in [4.78, 5) is 11.0. The van der Waals surface area contributed by atoms with Gasteiger partial charge in [-0.2, -0.15) is 0 Å². The van der Waals surface area contributed by atoms with Crippen LogP contribution in [0.3, 0.4) is 0 Å². The number of carbonyl (C=O) groups excluding carboxylic acids is 1. The molecule has 0 bridgehead atoms. The van der Waals surface area contributed by atoms with Crippen molar-refractivity contribution in [3.05, 3.63) is 0 Å². The van der Waals surface area contributed by atoms with Crippen molar-refractivity contribution < 1.29 is 4.79 Å². The molecule has 0 fully saturated rings. The second kappa shape index (κ2) is 6.65. The number of halogens is 1. The first-order valence-electron chi connectivity index (χ1n) is 4.09. The van der Waals surface area contributed by atoms with E-state index in [1.54, 1.807) is 0 Å². The van der Waals surface area contributed by atoms with E-state index in [1.165, 1.54) is 0 Å². The van der Waals surface area contributed by atoms with E-state index in [9.17, 15) is 4.79 Å². The number of nitrogens with one attached hydrogen (secondary N) is 1. The van der Waals surface area contributed by atoms with Gasteiger partial charge in [-0.25, -0.2) is 0 Å². The number of hydrogen-bond donors (Lipinski definition) is 1. The molecule has 11 heavy (non-hydrogen) atoms. The van der Waals surface area contributed by atoms with Crippen LogP contribution in [-0.4, -0.2) is 17.3 Å². The molecular formula is C8H16BrNO. The van der Waals surface area contributed by atoms with Crippen molar-refractivity contribution in [1.29, 1.82) is 0 Å². The summed E-state index contributed by atoms with van der Waals surface area (Å²) in [7, 11) is 0. The van der Waals surface area contributed by atoms with Gasteiger partial charge in [0.1, 0.15) is 0 Å². The smallest absolute Gasteiger partial charge is 0.221 e. The van der Waals surface area contributed by atoms with E-state index in [1.807, 2.05) is 0 Å². The molecule has 0 atom stereocenters. The third kappa shape index (κ3) is 5.24. The predicted octanol–water partition coefficient (Wildman–Crippen LogP) is 2.08. The maximum Gasteiger partial charge on any atom is 0.221 e. The van der Waals surface area contributed by atoms with Gasteiger partial charge >= 0.3 is 0 Å². The van der Waals surface area contributed by atoms with Crippen LogP contribution in [0.1, 0.15) is 33.1 Å². The molecule has 0 heterocycles. The summed E-state index contributed by atoms with van der Waals surface area (Å²) in [5.74, 6) is 0.149. The number of alkyl halides is 1. The lowest BCUT2D eigenvalue weighted by molar-refractivity contribution is -0.121. The lowest BCUT2D eigenvalue weighted by atomic mass is 10.2.